The van der Waals surface area contributed by atoms with E-state index in [0.29, 0.717) is 0 Å². The monoisotopic (exact) mass is 334 g/mol. The highest BCUT2D eigenvalue weighted by Crippen LogP contribution is 2.32. The topological polar surface area (TPSA) is 98.5 Å². The molecule has 2 rings (SSSR count). The number of para-hydroxylation sites is 2. The van der Waals surface area contributed by atoms with Gasteiger partial charge in [-0.15, -0.1) is 0 Å². The summed E-state index contributed by atoms with van der Waals surface area (Å²) in [6.45, 7) is 1.89. The fourth-order valence-electron chi connectivity index (χ4n) is 3.16. The molecule has 1 aliphatic carbocycles. The summed E-state index contributed by atoms with van der Waals surface area (Å²) in [7, 11) is 0. The molecule has 0 unspecified atom stereocenters. The van der Waals surface area contributed by atoms with Gasteiger partial charge in [-0.3, -0.25) is 19.7 Å². The molecule has 1 aliphatic rings. The summed E-state index contributed by atoms with van der Waals surface area (Å²) in [6, 6.07) is 5.90. The number of nitro groups is 1. The Labute approximate surface area is 140 Å². The zero-order valence-electron chi connectivity index (χ0n) is 13.7. The van der Waals surface area contributed by atoms with Gasteiger partial charge in [-0.1, -0.05) is 31.4 Å². The molecule has 1 fully saturated rings. The summed E-state index contributed by atoms with van der Waals surface area (Å²) in [5.41, 5.74) is -0.102. The van der Waals surface area contributed by atoms with Crippen LogP contribution in [0.3, 0.4) is 0 Å². The maximum Gasteiger partial charge on any atom is 0.318 e. The van der Waals surface area contributed by atoms with E-state index >= 15 is 0 Å². The molecule has 1 atom stereocenters. The molecule has 7 heteroatoms. The van der Waals surface area contributed by atoms with Crippen LogP contribution in [0.4, 0.5) is 11.4 Å². The van der Waals surface area contributed by atoms with Crippen molar-refractivity contribution in [3.8, 4) is 0 Å². The zero-order valence-corrected chi connectivity index (χ0v) is 13.7. The van der Waals surface area contributed by atoms with E-state index in [-0.39, 0.29) is 23.9 Å². The number of amides is 1. The Morgan fingerprint density at radius 3 is 2.58 bits per heavy atom. The van der Waals surface area contributed by atoms with Gasteiger partial charge in [0.25, 0.3) is 5.69 Å². The first kappa shape index (κ1) is 17.9. The molecule has 0 spiro atoms. The lowest BCUT2D eigenvalue weighted by atomic mass is 9.79. The number of nitro benzene ring substituents is 1. The molecule has 0 radical (unpaired) electrons. The van der Waals surface area contributed by atoms with E-state index in [1.54, 1.807) is 13.0 Å². The lowest BCUT2D eigenvalue weighted by molar-refractivity contribution is -0.383. The van der Waals surface area contributed by atoms with Gasteiger partial charge in [0.15, 0.2) is 0 Å². The van der Waals surface area contributed by atoms with Gasteiger partial charge in [0.05, 0.1) is 11.5 Å². The fraction of sp³-hybridized carbons (Fsp3) is 0.529. The SMILES string of the molecule is CCOC(=O)[C@H](C(=O)Nc1ccccc1[N+](=O)[O-])C1CCCCC1. The Morgan fingerprint density at radius 2 is 1.96 bits per heavy atom. The molecule has 0 aliphatic heterocycles. The summed E-state index contributed by atoms with van der Waals surface area (Å²) in [4.78, 5) is 35.5. The Bertz CT molecular complexity index is 611. The molecule has 1 N–H and O–H groups in total. The van der Waals surface area contributed by atoms with Crippen molar-refractivity contribution in [2.24, 2.45) is 11.8 Å². The molecule has 0 bridgehead atoms. The number of esters is 1. The molecule has 24 heavy (non-hydrogen) atoms. The number of ether oxygens (including phenoxy) is 1. The van der Waals surface area contributed by atoms with E-state index in [4.69, 9.17) is 4.74 Å². The van der Waals surface area contributed by atoms with Crippen LogP contribution in [0.15, 0.2) is 24.3 Å². The van der Waals surface area contributed by atoms with Crippen molar-refractivity contribution in [1.29, 1.82) is 0 Å². The first-order valence-corrected chi connectivity index (χ1v) is 8.25. The quantitative estimate of drug-likeness (QED) is 0.372. The second-order valence-corrected chi connectivity index (χ2v) is 5.89. The highest BCUT2D eigenvalue weighted by Gasteiger charge is 2.37. The molecule has 1 aromatic rings. The summed E-state index contributed by atoms with van der Waals surface area (Å²) >= 11 is 0. The first-order chi connectivity index (χ1) is 11.5. The van der Waals surface area contributed by atoms with Gasteiger partial charge in [0, 0.05) is 6.07 Å². The zero-order chi connectivity index (χ0) is 17.5. The predicted molar refractivity (Wildman–Crippen MR) is 88.4 cm³/mol. The van der Waals surface area contributed by atoms with E-state index in [1.807, 2.05) is 0 Å². The third-order valence-corrected chi connectivity index (χ3v) is 4.30. The van der Waals surface area contributed by atoms with Crippen LogP contribution in [0.5, 0.6) is 0 Å². The number of nitrogens with zero attached hydrogens (tertiary/aromatic N) is 1. The summed E-state index contributed by atoms with van der Waals surface area (Å²) in [5, 5.41) is 13.6. The predicted octanol–water partition coefficient (Wildman–Crippen LogP) is 3.29. The number of nitrogens with one attached hydrogen (secondary N) is 1. The van der Waals surface area contributed by atoms with Crippen molar-refractivity contribution in [2.45, 2.75) is 39.0 Å². The number of hydrogen-bond donors (Lipinski definition) is 1. The van der Waals surface area contributed by atoms with Crippen molar-refractivity contribution in [1.82, 2.24) is 0 Å². The van der Waals surface area contributed by atoms with Crippen LogP contribution in [0, 0.1) is 22.0 Å². The molecule has 7 nitrogen and oxygen atoms in total. The maximum absolute atomic E-state index is 12.7. The Hall–Kier alpha value is -2.44. The Morgan fingerprint density at radius 1 is 1.29 bits per heavy atom. The van der Waals surface area contributed by atoms with Crippen LogP contribution < -0.4 is 5.32 Å². The number of anilines is 1. The largest absolute Gasteiger partial charge is 0.465 e. The van der Waals surface area contributed by atoms with Gasteiger partial charge < -0.3 is 10.1 Å². The van der Waals surface area contributed by atoms with Crippen molar-refractivity contribution < 1.29 is 19.2 Å². The van der Waals surface area contributed by atoms with Crippen LogP contribution in [-0.2, 0) is 14.3 Å². The lowest BCUT2D eigenvalue weighted by Crippen LogP contribution is -2.38. The highest BCUT2D eigenvalue weighted by molar-refractivity contribution is 6.05. The maximum atomic E-state index is 12.7. The molecule has 1 amide bonds. The second kappa shape index (κ2) is 8.42. The van der Waals surface area contributed by atoms with Crippen molar-refractivity contribution >= 4 is 23.3 Å². The number of benzene rings is 1. The minimum Gasteiger partial charge on any atom is -0.465 e. The standard InChI is InChI=1S/C17H22N2O5/c1-2-24-17(21)15(12-8-4-3-5-9-12)16(20)18-13-10-6-7-11-14(13)19(22)23/h6-7,10-12,15H,2-5,8-9H2,1H3,(H,18,20)/t15-/m0/s1. The molecule has 0 saturated heterocycles. The Kier molecular flexibility index (Phi) is 6.28. The van der Waals surface area contributed by atoms with Crippen LogP contribution in [-0.4, -0.2) is 23.4 Å². The van der Waals surface area contributed by atoms with E-state index in [9.17, 15) is 19.7 Å². The van der Waals surface area contributed by atoms with Gasteiger partial charge in [0.1, 0.15) is 11.6 Å². The van der Waals surface area contributed by atoms with Gasteiger partial charge in [-0.2, -0.15) is 0 Å². The van der Waals surface area contributed by atoms with Gasteiger partial charge in [-0.25, -0.2) is 0 Å². The minimum absolute atomic E-state index is 0.0828. The number of carbonyl (C=O) groups excluding carboxylic acids is 2. The lowest BCUT2D eigenvalue weighted by Gasteiger charge is -2.27. The van der Waals surface area contributed by atoms with E-state index in [2.05, 4.69) is 5.32 Å². The molecular weight excluding hydrogens is 312 g/mol. The number of carbonyl (C=O) groups is 2. The average Bonchev–Trinajstić information content (AvgIpc) is 2.56. The van der Waals surface area contributed by atoms with Crippen molar-refractivity contribution in [3.05, 3.63) is 34.4 Å². The molecule has 130 valence electrons. The summed E-state index contributed by atoms with van der Waals surface area (Å²) < 4.78 is 5.06. The van der Waals surface area contributed by atoms with Crippen LogP contribution in [0.1, 0.15) is 39.0 Å². The Balaban J connectivity index is 2.21. The number of rotatable bonds is 6. The average molecular weight is 334 g/mol. The fourth-order valence-corrected chi connectivity index (χ4v) is 3.16. The van der Waals surface area contributed by atoms with E-state index in [0.717, 1.165) is 32.1 Å². The normalized spacial score (nSPS) is 16.2. The molecule has 1 aromatic carbocycles. The molecule has 0 heterocycles. The highest BCUT2D eigenvalue weighted by atomic mass is 16.6. The second-order valence-electron chi connectivity index (χ2n) is 5.89. The van der Waals surface area contributed by atoms with Crippen LogP contribution >= 0.6 is 0 Å². The molecular formula is C17H22N2O5. The summed E-state index contributed by atoms with van der Waals surface area (Å²) in [6.07, 6.45) is 4.61. The van der Waals surface area contributed by atoms with Crippen LogP contribution in [0.25, 0.3) is 0 Å². The number of hydrogen-bond acceptors (Lipinski definition) is 5. The van der Waals surface area contributed by atoms with Crippen molar-refractivity contribution in [3.63, 3.8) is 0 Å². The third-order valence-electron chi connectivity index (χ3n) is 4.30. The smallest absolute Gasteiger partial charge is 0.318 e. The van der Waals surface area contributed by atoms with E-state index in [1.165, 1.54) is 18.2 Å². The summed E-state index contributed by atoms with van der Waals surface area (Å²) in [5.74, 6) is -2.10. The van der Waals surface area contributed by atoms with Gasteiger partial charge in [0.2, 0.25) is 5.91 Å². The molecule has 0 aromatic heterocycles. The van der Waals surface area contributed by atoms with Crippen molar-refractivity contribution in [2.75, 3.05) is 11.9 Å². The van der Waals surface area contributed by atoms with E-state index < -0.39 is 22.7 Å². The van der Waals surface area contributed by atoms with Gasteiger partial charge in [-0.05, 0) is 31.7 Å². The minimum atomic E-state index is -0.926. The first-order valence-electron chi connectivity index (χ1n) is 8.25. The van der Waals surface area contributed by atoms with Crippen LogP contribution in [0.2, 0.25) is 0 Å². The van der Waals surface area contributed by atoms with Gasteiger partial charge >= 0.3 is 5.97 Å². The molecule has 1 saturated carbocycles. The third kappa shape index (κ3) is 4.31.